The fraction of sp³-hybridized carbons (Fsp3) is 0.812. The Bertz CT molecular complexity index is 583. The van der Waals surface area contributed by atoms with Crippen LogP contribution in [0.4, 0.5) is 17.3 Å². The van der Waals surface area contributed by atoms with Crippen LogP contribution in [-0.2, 0) is 36.5 Å². The Morgan fingerprint density at radius 3 is 0.878 bits per heavy atom. The van der Waals surface area contributed by atoms with E-state index >= 15 is 0 Å². The topological polar surface area (TPSA) is 0 Å². The molecule has 0 aromatic rings. The average Bonchev–Trinajstić information content (AvgIpc) is 3.58. The number of halogens is 4. The predicted octanol–water partition coefficient (Wildman–Crippen LogP) is 12.3. The Hall–Kier alpha value is 1.27. The second-order valence-corrected chi connectivity index (χ2v) is 19.9. The molecule has 0 nitrogen and oxygen atoms in total. The molecule has 0 bridgehead atoms. The van der Waals surface area contributed by atoms with Gasteiger partial charge in [-0.2, -0.15) is 0 Å². The van der Waals surface area contributed by atoms with E-state index in [-0.39, 0.29) is 67.2 Å². The van der Waals surface area contributed by atoms with Crippen LogP contribution < -0.4 is 0 Å². The van der Waals surface area contributed by atoms with Crippen molar-refractivity contribution in [3.63, 3.8) is 0 Å². The third kappa shape index (κ3) is 19.4. The maximum Gasteiger partial charge on any atom is 2.00 e. The van der Waals surface area contributed by atoms with Crippen molar-refractivity contribution in [2.24, 2.45) is 0 Å². The van der Waals surface area contributed by atoms with Crippen LogP contribution in [0.25, 0.3) is 0 Å². The average molecular weight is 754 g/mol. The molecule has 2 saturated carbocycles. The summed E-state index contributed by atoms with van der Waals surface area (Å²) in [5, 5.41) is 0. The molecule has 5 rings (SSSR count). The van der Waals surface area contributed by atoms with Crippen LogP contribution in [0.5, 0.6) is 0 Å². The predicted molar refractivity (Wildman–Crippen MR) is 177 cm³/mol. The fourth-order valence-electron chi connectivity index (χ4n) is 7.62. The molecule has 2 saturated heterocycles. The summed E-state index contributed by atoms with van der Waals surface area (Å²) in [5.74, 6) is 0. The quantitative estimate of drug-likeness (QED) is 0.0866. The molecular formula is C32H62BF4FeP2Rh+. The summed E-state index contributed by atoms with van der Waals surface area (Å²) in [6.07, 6.45) is 32.7. The van der Waals surface area contributed by atoms with Gasteiger partial charge in [-0.1, -0.05) is 24.3 Å². The smallest absolute Gasteiger partial charge is 0.418 e. The Morgan fingerprint density at radius 2 is 0.683 bits per heavy atom. The van der Waals surface area contributed by atoms with Crippen LogP contribution in [0.3, 0.4) is 0 Å². The molecule has 0 aromatic carbocycles. The van der Waals surface area contributed by atoms with E-state index in [0.29, 0.717) is 0 Å². The summed E-state index contributed by atoms with van der Waals surface area (Å²) in [5.41, 5.74) is 6.95. The summed E-state index contributed by atoms with van der Waals surface area (Å²) in [4.78, 5) is 0. The van der Waals surface area contributed by atoms with Gasteiger partial charge in [0.15, 0.2) is 0 Å². The van der Waals surface area contributed by atoms with E-state index in [9.17, 15) is 17.3 Å². The van der Waals surface area contributed by atoms with E-state index in [4.69, 9.17) is 0 Å². The molecule has 247 valence electrons. The maximum atomic E-state index is 9.75. The zero-order valence-electron chi connectivity index (χ0n) is 26.9. The standard InChI is InChI=1S/2C11H21P.C8H12.2CH3.BF4.Fe.Rh/c2*1-9-7-8-10(2)12(9)11-5-3-4-6-11;1-2-4-6-8-7-5-3-1;;;2-1(3,4)5;;/h2*9-11H,3-8H2,1-2H3;1-2,7-8H,3-6H2;2*1H3;;;/q;;;3*-1;;+2/p+2/b;;2-1-,8-7-;;;;;/t2*9-,10-;;;;;;/m11....../s1. The van der Waals surface area contributed by atoms with Gasteiger partial charge in [-0.25, -0.2) is 0 Å². The normalized spacial score (nSPS) is 30.0. The molecule has 3 aliphatic carbocycles. The molecule has 0 aromatic heterocycles. The van der Waals surface area contributed by atoms with Gasteiger partial charge in [0.1, 0.15) is 0 Å². The molecule has 0 N–H and O–H groups in total. The first-order valence-electron chi connectivity index (χ1n) is 15.5. The number of allylic oxidation sites excluding steroid dienone is 4. The molecule has 2 aliphatic heterocycles. The first-order valence-corrected chi connectivity index (χ1v) is 18.9. The molecule has 41 heavy (non-hydrogen) atoms. The minimum Gasteiger partial charge on any atom is -0.418 e. The van der Waals surface area contributed by atoms with Crippen molar-refractivity contribution in [3.8, 4) is 0 Å². The van der Waals surface area contributed by atoms with Crippen LogP contribution in [0.1, 0.15) is 130 Å². The molecule has 0 amide bonds. The molecule has 4 fully saturated rings. The van der Waals surface area contributed by atoms with Crippen LogP contribution in [0.2, 0.25) is 0 Å². The van der Waals surface area contributed by atoms with E-state index in [2.05, 4.69) is 52.0 Å². The van der Waals surface area contributed by atoms with Crippen LogP contribution in [-0.4, -0.2) is 41.2 Å². The minimum absolute atomic E-state index is 0. The fourth-order valence-corrected chi connectivity index (χ4v) is 16.9. The summed E-state index contributed by atoms with van der Waals surface area (Å²) in [6.45, 7) is 10.1. The summed E-state index contributed by atoms with van der Waals surface area (Å²) < 4.78 is 39.0. The van der Waals surface area contributed by atoms with Gasteiger partial charge in [-0.05, 0) is 130 Å². The maximum absolute atomic E-state index is 9.75. The minimum atomic E-state index is -6.00. The molecule has 5 aliphatic rings. The first-order chi connectivity index (χ1) is 17.6. The van der Waals surface area contributed by atoms with Gasteiger partial charge in [-0.15, -0.1) is 0 Å². The Morgan fingerprint density at radius 1 is 0.488 bits per heavy atom. The van der Waals surface area contributed by atoms with Crippen molar-refractivity contribution in [1.29, 1.82) is 0 Å². The number of rotatable bonds is 2. The third-order valence-electron chi connectivity index (χ3n) is 9.33. The van der Waals surface area contributed by atoms with Gasteiger partial charge in [0.05, 0.1) is 34.0 Å². The molecular weight excluding hydrogens is 692 g/mol. The monoisotopic (exact) mass is 754 g/mol. The zero-order valence-corrected chi connectivity index (χ0v) is 31.6. The molecule has 0 spiro atoms. The summed E-state index contributed by atoms with van der Waals surface area (Å²) in [7, 11) is -5.89. The van der Waals surface area contributed by atoms with Crippen molar-refractivity contribution < 1.29 is 53.8 Å². The van der Waals surface area contributed by atoms with Gasteiger partial charge in [-0.3, -0.25) is 0 Å². The van der Waals surface area contributed by atoms with Crippen molar-refractivity contribution in [2.75, 3.05) is 0 Å². The zero-order chi connectivity index (χ0) is 27.3. The third-order valence-corrected chi connectivity index (χ3v) is 18.1. The molecule has 1 radical (unpaired) electrons. The van der Waals surface area contributed by atoms with Gasteiger partial charge in [0, 0.05) is 32.9 Å². The largest absolute Gasteiger partial charge is 2.00 e. The van der Waals surface area contributed by atoms with E-state index in [1.807, 2.05) is 0 Å². The van der Waals surface area contributed by atoms with Crippen LogP contribution in [0.15, 0.2) is 24.3 Å². The van der Waals surface area contributed by atoms with Crippen LogP contribution >= 0.6 is 15.8 Å². The van der Waals surface area contributed by atoms with Crippen molar-refractivity contribution in [3.05, 3.63) is 39.2 Å². The Labute approximate surface area is 279 Å². The van der Waals surface area contributed by atoms with Gasteiger partial charge in [0.25, 0.3) is 0 Å². The van der Waals surface area contributed by atoms with E-state index in [0.717, 1.165) is 22.6 Å². The van der Waals surface area contributed by atoms with Crippen molar-refractivity contribution >= 4 is 23.1 Å². The van der Waals surface area contributed by atoms with Gasteiger partial charge in [0.2, 0.25) is 0 Å². The van der Waals surface area contributed by atoms with Crippen molar-refractivity contribution in [1.82, 2.24) is 0 Å². The first kappa shape index (κ1) is 46.7. The molecule has 9 heteroatoms. The van der Waals surface area contributed by atoms with Gasteiger partial charge < -0.3 is 32.1 Å². The number of hydrogen-bond acceptors (Lipinski definition) is 0. The number of hydrogen-bond donors (Lipinski definition) is 0. The summed E-state index contributed by atoms with van der Waals surface area (Å²) >= 11 is 0. The SMILES string of the molecule is C1=C\CC/C=C\CC/1.C[C@@H]1CC[C@@H](C)[PH+]1C1CCCC1.C[C@@H]1CC[C@@H](C)[PH+]1C1CCCC1.F[B-](F)(F)F.[CH3-].[CH3-].[Fe].[Rh+2]. The van der Waals surface area contributed by atoms with Crippen LogP contribution in [0, 0.1) is 14.9 Å². The Balaban J connectivity index is -0.000000475. The van der Waals surface area contributed by atoms with E-state index in [1.54, 1.807) is 51.4 Å². The summed E-state index contributed by atoms with van der Waals surface area (Å²) in [6, 6.07) is 0. The van der Waals surface area contributed by atoms with Crippen molar-refractivity contribution in [2.45, 2.75) is 164 Å². The second kappa shape index (κ2) is 25.5. The Kier molecular flexibility index (Phi) is 29.0. The molecule has 4 atom stereocenters. The van der Waals surface area contributed by atoms with E-state index in [1.165, 1.54) is 62.7 Å². The molecule has 2 heterocycles. The molecule has 0 unspecified atom stereocenters. The second-order valence-electron chi connectivity index (χ2n) is 12.3. The van der Waals surface area contributed by atoms with E-state index < -0.39 is 7.25 Å². The van der Waals surface area contributed by atoms with Gasteiger partial charge >= 0.3 is 26.7 Å².